The van der Waals surface area contributed by atoms with Gasteiger partial charge in [-0.05, 0) is 35.9 Å². The summed E-state index contributed by atoms with van der Waals surface area (Å²) in [6.07, 6.45) is -3.18. The molecule has 24 heavy (non-hydrogen) atoms. The van der Waals surface area contributed by atoms with Crippen LogP contribution in [0.5, 0.6) is 5.75 Å². The first kappa shape index (κ1) is 16.3. The Morgan fingerprint density at radius 1 is 1.21 bits per heavy atom. The van der Waals surface area contributed by atoms with Crippen molar-refractivity contribution in [2.45, 2.75) is 6.18 Å². The van der Waals surface area contributed by atoms with Crippen molar-refractivity contribution in [3.8, 4) is 28.4 Å². The predicted octanol–water partition coefficient (Wildman–Crippen LogP) is 5.63. The smallest absolute Gasteiger partial charge is 0.416 e. The number of rotatable bonds is 3. The van der Waals surface area contributed by atoms with Crippen LogP contribution in [0.15, 0.2) is 45.4 Å². The van der Waals surface area contributed by atoms with E-state index in [0.717, 1.165) is 12.1 Å². The lowest BCUT2D eigenvalue weighted by Crippen LogP contribution is -2.05. The Hall–Kier alpha value is -2.54. The standard InChI is InChI=1S/C16H11ClF3NO3/c1-21-15-12(13(22)14(24-15)11-3-2-4-23-11)8-5-9(16(18,19)20)7-10(17)6-8/h2-7,21-22H,1H3. The van der Waals surface area contributed by atoms with E-state index in [4.69, 9.17) is 20.4 Å². The molecule has 4 nitrogen and oxygen atoms in total. The summed E-state index contributed by atoms with van der Waals surface area (Å²) in [5.41, 5.74) is -0.790. The molecule has 3 aromatic rings. The molecule has 0 saturated heterocycles. The van der Waals surface area contributed by atoms with Gasteiger partial charge in [0, 0.05) is 12.1 Å². The number of hydrogen-bond donors (Lipinski definition) is 2. The molecule has 0 aliphatic heterocycles. The molecule has 0 spiro atoms. The molecular weight excluding hydrogens is 347 g/mol. The number of anilines is 1. The fourth-order valence-electron chi connectivity index (χ4n) is 2.34. The van der Waals surface area contributed by atoms with Gasteiger partial charge in [0.2, 0.25) is 11.6 Å². The topological polar surface area (TPSA) is 58.5 Å². The highest BCUT2D eigenvalue weighted by Gasteiger charge is 2.32. The van der Waals surface area contributed by atoms with Gasteiger partial charge in [0.15, 0.2) is 11.5 Å². The van der Waals surface area contributed by atoms with Crippen LogP contribution in [0.4, 0.5) is 19.1 Å². The van der Waals surface area contributed by atoms with E-state index in [1.54, 1.807) is 12.1 Å². The molecule has 0 unspecified atom stereocenters. The summed E-state index contributed by atoms with van der Waals surface area (Å²) in [6.45, 7) is 0. The molecule has 126 valence electrons. The second-order valence-electron chi connectivity index (χ2n) is 4.94. The van der Waals surface area contributed by atoms with Crippen molar-refractivity contribution in [3.63, 3.8) is 0 Å². The molecule has 2 heterocycles. The van der Waals surface area contributed by atoms with E-state index in [1.807, 2.05) is 0 Å². The highest BCUT2D eigenvalue weighted by atomic mass is 35.5. The van der Waals surface area contributed by atoms with Gasteiger partial charge in [0.25, 0.3) is 0 Å². The first-order valence-corrected chi connectivity index (χ1v) is 7.14. The van der Waals surface area contributed by atoms with Crippen molar-refractivity contribution in [1.29, 1.82) is 0 Å². The van der Waals surface area contributed by atoms with Gasteiger partial charge in [-0.2, -0.15) is 13.2 Å². The van der Waals surface area contributed by atoms with Crippen LogP contribution in [-0.4, -0.2) is 12.2 Å². The third-order valence-corrected chi connectivity index (χ3v) is 3.59. The normalized spacial score (nSPS) is 11.7. The van der Waals surface area contributed by atoms with Crippen molar-refractivity contribution in [3.05, 3.63) is 47.2 Å². The van der Waals surface area contributed by atoms with Gasteiger partial charge in [0.1, 0.15) is 0 Å². The molecule has 0 saturated carbocycles. The van der Waals surface area contributed by atoms with Crippen LogP contribution in [0.1, 0.15) is 5.56 Å². The van der Waals surface area contributed by atoms with Gasteiger partial charge < -0.3 is 19.3 Å². The first-order chi connectivity index (χ1) is 11.3. The molecular formula is C16H11ClF3NO3. The van der Waals surface area contributed by atoms with Crippen LogP contribution < -0.4 is 5.32 Å². The Morgan fingerprint density at radius 2 is 1.96 bits per heavy atom. The number of halogens is 4. The van der Waals surface area contributed by atoms with E-state index in [2.05, 4.69) is 5.32 Å². The second-order valence-corrected chi connectivity index (χ2v) is 5.37. The van der Waals surface area contributed by atoms with Gasteiger partial charge in [0.05, 0.1) is 17.4 Å². The van der Waals surface area contributed by atoms with E-state index < -0.39 is 11.7 Å². The fraction of sp³-hybridized carbons (Fsp3) is 0.125. The van der Waals surface area contributed by atoms with Crippen molar-refractivity contribution in [2.75, 3.05) is 12.4 Å². The van der Waals surface area contributed by atoms with E-state index in [9.17, 15) is 18.3 Å². The lowest BCUT2D eigenvalue weighted by Gasteiger charge is -2.10. The lowest BCUT2D eigenvalue weighted by atomic mass is 10.0. The molecule has 0 aliphatic rings. The Kier molecular flexibility index (Phi) is 3.96. The minimum atomic E-state index is -4.57. The lowest BCUT2D eigenvalue weighted by molar-refractivity contribution is -0.137. The van der Waals surface area contributed by atoms with E-state index in [0.29, 0.717) is 0 Å². The Labute approximate surface area is 139 Å². The maximum absolute atomic E-state index is 13.0. The van der Waals surface area contributed by atoms with Crippen LogP contribution in [0.3, 0.4) is 0 Å². The zero-order chi connectivity index (χ0) is 17.5. The zero-order valence-corrected chi connectivity index (χ0v) is 13.0. The summed E-state index contributed by atoms with van der Waals surface area (Å²) in [5.74, 6) is 0.000175. The van der Waals surface area contributed by atoms with Crippen molar-refractivity contribution < 1.29 is 27.1 Å². The SMILES string of the molecule is CNc1oc(-c2ccco2)c(O)c1-c1cc(Cl)cc(C(F)(F)F)c1. The second kappa shape index (κ2) is 5.83. The summed E-state index contributed by atoms with van der Waals surface area (Å²) in [4.78, 5) is 0. The molecule has 0 fully saturated rings. The third-order valence-electron chi connectivity index (χ3n) is 3.37. The van der Waals surface area contributed by atoms with Crippen molar-refractivity contribution in [2.24, 2.45) is 0 Å². The van der Waals surface area contributed by atoms with E-state index in [-0.39, 0.29) is 39.3 Å². The molecule has 0 bridgehead atoms. The van der Waals surface area contributed by atoms with Gasteiger partial charge in [-0.3, -0.25) is 0 Å². The average Bonchev–Trinajstić information content (AvgIpc) is 3.12. The minimum absolute atomic E-state index is 0.00730. The first-order valence-electron chi connectivity index (χ1n) is 6.77. The van der Waals surface area contributed by atoms with E-state index in [1.165, 1.54) is 19.4 Å². The van der Waals surface area contributed by atoms with Gasteiger partial charge in [-0.25, -0.2) is 0 Å². The summed E-state index contributed by atoms with van der Waals surface area (Å²) in [7, 11) is 1.52. The zero-order valence-electron chi connectivity index (χ0n) is 12.2. The van der Waals surface area contributed by atoms with Crippen molar-refractivity contribution in [1.82, 2.24) is 0 Å². The summed E-state index contributed by atoms with van der Waals surface area (Å²) < 4.78 is 49.6. The number of benzene rings is 1. The van der Waals surface area contributed by atoms with Crippen LogP contribution >= 0.6 is 11.6 Å². The quantitative estimate of drug-likeness (QED) is 0.638. The van der Waals surface area contributed by atoms with Crippen LogP contribution in [0, 0.1) is 0 Å². The highest BCUT2D eigenvalue weighted by molar-refractivity contribution is 6.31. The van der Waals surface area contributed by atoms with Crippen LogP contribution in [0.25, 0.3) is 22.6 Å². The summed E-state index contributed by atoms with van der Waals surface area (Å²) in [5, 5.41) is 13.0. The molecule has 0 aliphatic carbocycles. The average molecular weight is 358 g/mol. The Bertz CT molecular complexity index is 870. The summed E-state index contributed by atoms with van der Waals surface area (Å²) in [6, 6.07) is 6.17. The van der Waals surface area contributed by atoms with Crippen LogP contribution in [-0.2, 0) is 6.18 Å². The third kappa shape index (κ3) is 2.82. The molecule has 0 amide bonds. The molecule has 2 N–H and O–H groups in total. The number of hydrogen-bond acceptors (Lipinski definition) is 4. The fourth-order valence-corrected chi connectivity index (χ4v) is 2.57. The van der Waals surface area contributed by atoms with Gasteiger partial charge in [-0.15, -0.1) is 0 Å². The number of alkyl halides is 3. The molecule has 0 radical (unpaired) electrons. The highest BCUT2D eigenvalue weighted by Crippen LogP contribution is 2.47. The molecule has 2 aromatic heterocycles. The number of aromatic hydroxyl groups is 1. The number of furan rings is 2. The monoisotopic (exact) mass is 357 g/mol. The van der Waals surface area contributed by atoms with E-state index >= 15 is 0 Å². The predicted molar refractivity (Wildman–Crippen MR) is 83.1 cm³/mol. The van der Waals surface area contributed by atoms with Gasteiger partial charge >= 0.3 is 6.18 Å². The molecule has 3 rings (SSSR count). The van der Waals surface area contributed by atoms with Gasteiger partial charge in [-0.1, -0.05) is 11.6 Å². The molecule has 1 aromatic carbocycles. The Balaban J connectivity index is 2.21. The number of nitrogens with one attached hydrogen (secondary N) is 1. The Morgan fingerprint density at radius 3 is 2.54 bits per heavy atom. The summed E-state index contributed by atoms with van der Waals surface area (Å²) >= 11 is 5.81. The van der Waals surface area contributed by atoms with Crippen LogP contribution in [0.2, 0.25) is 5.02 Å². The molecule has 8 heteroatoms. The minimum Gasteiger partial charge on any atom is -0.504 e. The maximum atomic E-state index is 13.0. The molecule has 0 atom stereocenters. The van der Waals surface area contributed by atoms with Crippen molar-refractivity contribution >= 4 is 17.5 Å². The largest absolute Gasteiger partial charge is 0.504 e. The maximum Gasteiger partial charge on any atom is 0.416 e.